The Morgan fingerprint density at radius 2 is 1.72 bits per heavy atom. The second-order valence-corrected chi connectivity index (χ2v) is 5.19. The van der Waals surface area contributed by atoms with Gasteiger partial charge in [0.05, 0.1) is 26.9 Å². The molecule has 0 saturated carbocycles. The third-order valence-corrected chi connectivity index (χ3v) is 3.79. The Morgan fingerprint density at radius 1 is 0.960 bits per heavy atom. The Labute approximate surface area is 145 Å². The zero-order valence-electron chi connectivity index (χ0n) is 14.2. The summed E-state index contributed by atoms with van der Waals surface area (Å²) in [6, 6.07) is 8.79. The number of rotatable bonds is 6. The molecule has 0 N–H and O–H groups in total. The first kappa shape index (κ1) is 16.7. The number of ether oxygens (including phenoxy) is 5. The molecular formula is C19H18O6. The summed E-state index contributed by atoms with van der Waals surface area (Å²) in [5.41, 5.74) is 1.22. The number of ketones is 1. The van der Waals surface area contributed by atoms with E-state index < -0.39 is 0 Å². The fourth-order valence-corrected chi connectivity index (χ4v) is 2.57. The topological polar surface area (TPSA) is 63.2 Å². The Morgan fingerprint density at radius 3 is 2.44 bits per heavy atom. The molecule has 0 amide bonds. The molecule has 0 radical (unpaired) electrons. The average Bonchev–Trinajstić information content (AvgIpc) is 3.12. The molecular weight excluding hydrogens is 324 g/mol. The second kappa shape index (κ2) is 7.17. The van der Waals surface area contributed by atoms with Gasteiger partial charge in [0.25, 0.3) is 0 Å². The van der Waals surface area contributed by atoms with Crippen LogP contribution in [0.25, 0.3) is 6.08 Å². The van der Waals surface area contributed by atoms with Crippen LogP contribution < -0.4 is 23.7 Å². The molecule has 25 heavy (non-hydrogen) atoms. The molecule has 0 saturated heterocycles. The molecule has 130 valence electrons. The monoisotopic (exact) mass is 342 g/mol. The highest BCUT2D eigenvalue weighted by Crippen LogP contribution is 2.40. The van der Waals surface area contributed by atoms with Crippen molar-refractivity contribution in [2.45, 2.75) is 0 Å². The predicted molar refractivity (Wildman–Crippen MR) is 92.0 cm³/mol. The van der Waals surface area contributed by atoms with Crippen LogP contribution in [0, 0.1) is 0 Å². The van der Waals surface area contributed by atoms with E-state index in [1.165, 1.54) is 27.4 Å². The summed E-state index contributed by atoms with van der Waals surface area (Å²) in [7, 11) is 4.50. The third-order valence-electron chi connectivity index (χ3n) is 3.79. The Bertz CT molecular complexity index is 825. The molecule has 2 aromatic rings. The summed E-state index contributed by atoms with van der Waals surface area (Å²) >= 11 is 0. The molecule has 1 aliphatic heterocycles. The zero-order valence-corrected chi connectivity index (χ0v) is 14.2. The van der Waals surface area contributed by atoms with E-state index >= 15 is 0 Å². The molecule has 0 atom stereocenters. The van der Waals surface area contributed by atoms with Crippen molar-refractivity contribution in [1.82, 2.24) is 0 Å². The first-order valence-electron chi connectivity index (χ1n) is 7.59. The summed E-state index contributed by atoms with van der Waals surface area (Å²) in [5, 5.41) is 0. The minimum Gasteiger partial charge on any atom is -0.493 e. The lowest BCUT2D eigenvalue weighted by Crippen LogP contribution is -2.02. The Balaban J connectivity index is 1.88. The lowest BCUT2D eigenvalue weighted by Gasteiger charge is -2.14. The molecule has 0 spiro atoms. The Kier molecular flexibility index (Phi) is 4.79. The molecule has 2 aromatic carbocycles. The van der Waals surface area contributed by atoms with E-state index in [-0.39, 0.29) is 12.6 Å². The first-order chi connectivity index (χ1) is 12.2. The summed E-state index contributed by atoms with van der Waals surface area (Å²) in [5.74, 6) is 2.36. The molecule has 6 nitrogen and oxygen atoms in total. The van der Waals surface area contributed by atoms with Crippen molar-refractivity contribution < 1.29 is 28.5 Å². The molecule has 0 aromatic heterocycles. The van der Waals surface area contributed by atoms with Crippen molar-refractivity contribution >= 4 is 11.9 Å². The van der Waals surface area contributed by atoms with Crippen LogP contribution in [0.15, 0.2) is 36.4 Å². The minimum atomic E-state index is -0.213. The number of allylic oxidation sites excluding steroid dienone is 1. The summed E-state index contributed by atoms with van der Waals surface area (Å²) in [4.78, 5) is 12.6. The van der Waals surface area contributed by atoms with Gasteiger partial charge in [-0.15, -0.1) is 0 Å². The summed E-state index contributed by atoms with van der Waals surface area (Å²) < 4.78 is 26.5. The lowest BCUT2D eigenvalue weighted by atomic mass is 10.1. The fraction of sp³-hybridized carbons (Fsp3) is 0.211. The van der Waals surface area contributed by atoms with E-state index in [0.29, 0.717) is 34.3 Å². The van der Waals surface area contributed by atoms with Crippen molar-refractivity contribution in [3.63, 3.8) is 0 Å². The van der Waals surface area contributed by atoms with Gasteiger partial charge in [0.2, 0.25) is 12.5 Å². The van der Waals surface area contributed by atoms with Crippen LogP contribution >= 0.6 is 0 Å². The smallest absolute Gasteiger partial charge is 0.231 e. The standard InChI is InChI=1S/C19H18O6/c1-21-16-9-6-13(18(22-2)19(16)23-3)14(20)7-4-12-5-8-15-17(10-12)25-11-24-15/h4-10H,11H2,1-3H3. The van der Waals surface area contributed by atoms with Crippen molar-refractivity contribution in [2.24, 2.45) is 0 Å². The summed E-state index contributed by atoms with van der Waals surface area (Å²) in [6.07, 6.45) is 3.18. The highest BCUT2D eigenvalue weighted by Gasteiger charge is 2.19. The Hall–Kier alpha value is -3.15. The van der Waals surface area contributed by atoms with Gasteiger partial charge in [0, 0.05) is 0 Å². The van der Waals surface area contributed by atoms with E-state index in [1.807, 2.05) is 18.2 Å². The number of carbonyl (C=O) groups is 1. The first-order valence-corrected chi connectivity index (χ1v) is 7.59. The SMILES string of the molecule is COc1ccc(C(=O)C=Cc2ccc3c(c2)OCO3)c(OC)c1OC. The number of carbonyl (C=O) groups excluding carboxylic acids is 1. The molecule has 0 bridgehead atoms. The van der Waals surface area contributed by atoms with Crippen LogP contribution in [-0.2, 0) is 0 Å². The number of hydrogen-bond donors (Lipinski definition) is 0. The van der Waals surface area contributed by atoms with Crippen molar-refractivity contribution in [3.05, 3.63) is 47.5 Å². The van der Waals surface area contributed by atoms with E-state index in [0.717, 1.165) is 5.56 Å². The largest absolute Gasteiger partial charge is 0.493 e. The molecule has 6 heteroatoms. The van der Waals surface area contributed by atoms with Crippen LogP contribution in [0.4, 0.5) is 0 Å². The van der Waals surface area contributed by atoms with E-state index in [1.54, 1.807) is 18.2 Å². The normalized spacial score (nSPS) is 12.3. The van der Waals surface area contributed by atoms with E-state index in [2.05, 4.69) is 0 Å². The molecule has 0 unspecified atom stereocenters. The number of methoxy groups -OCH3 is 3. The van der Waals surface area contributed by atoms with Gasteiger partial charge >= 0.3 is 0 Å². The number of benzene rings is 2. The molecule has 3 rings (SSSR count). The van der Waals surface area contributed by atoms with Crippen LogP contribution in [0.1, 0.15) is 15.9 Å². The van der Waals surface area contributed by atoms with Gasteiger partial charge in [-0.2, -0.15) is 0 Å². The van der Waals surface area contributed by atoms with Crippen molar-refractivity contribution in [1.29, 1.82) is 0 Å². The van der Waals surface area contributed by atoms with Gasteiger partial charge in [-0.25, -0.2) is 0 Å². The van der Waals surface area contributed by atoms with Gasteiger partial charge in [-0.05, 0) is 35.9 Å². The fourth-order valence-electron chi connectivity index (χ4n) is 2.57. The van der Waals surface area contributed by atoms with Gasteiger partial charge in [-0.1, -0.05) is 12.1 Å². The van der Waals surface area contributed by atoms with Crippen molar-refractivity contribution in [3.8, 4) is 28.7 Å². The van der Waals surface area contributed by atoms with Crippen LogP contribution in [-0.4, -0.2) is 33.9 Å². The molecule has 1 heterocycles. The number of hydrogen-bond acceptors (Lipinski definition) is 6. The van der Waals surface area contributed by atoms with Gasteiger partial charge < -0.3 is 23.7 Å². The van der Waals surface area contributed by atoms with E-state index in [4.69, 9.17) is 23.7 Å². The van der Waals surface area contributed by atoms with Crippen LogP contribution in [0.5, 0.6) is 28.7 Å². The lowest BCUT2D eigenvalue weighted by molar-refractivity contribution is 0.104. The second-order valence-electron chi connectivity index (χ2n) is 5.19. The maximum atomic E-state index is 12.6. The van der Waals surface area contributed by atoms with Gasteiger partial charge in [0.1, 0.15) is 0 Å². The quantitative estimate of drug-likeness (QED) is 0.593. The molecule has 0 aliphatic carbocycles. The number of fused-ring (bicyclic) bond motifs is 1. The molecule has 0 fully saturated rings. The van der Waals surface area contributed by atoms with Crippen molar-refractivity contribution in [2.75, 3.05) is 28.1 Å². The average molecular weight is 342 g/mol. The van der Waals surface area contributed by atoms with Gasteiger partial charge in [-0.3, -0.25) is 4.79 Å². The maximum absolute atomic E-state index is 12.6. The molecule has 1 aliphatic rings. The zero-order chi connectivity index (χ0) is 17.8. The van der Waals surface area contributed by atoms with E-state index in [9.17, 15) is 4.79 Å². The van der Waals surface area contributed by atoms with Crippen LogP contribution in [0.2, 0.25) is 0 Å². The minimum absolute atomic E-state index is 0.213. The van der Waals surface area contributed by atoms with Gasteiger partial charge in [0.15, 0.2) is 28.8 Å². The predicted octanol–water partition coefficient (Wildman–Crippen LogP) is 3.34. The highest BCUT2D eigenvalue weighted by atomic mass is 16.7. The third kappa shape index (κ3) is 3.24. The highest BCUT2D eigenvalue weighted by molar-refractivity contribution is 6.09. The van der Waals surface area contributed by atoms with Crippen LogP contribution in [0.3, 0.4) is 0 Å². The maximum Gasteiger partial charge on any atom is 0.231 e. The summed E-state index contributed by atoms with van der Waals surface area (Å²) in [6.45, 7) is 0.213.